The molecule has 0 unspecified atom stereocenters. The van der Waals surface area contributed by atoms with Gasteiger partial charge in [0.1, 0.15) is 0 Å². The molecule has 0 aliphatic heterocycles. The Balaban J connectivity index is 2.67. The number of benzene rings is 1. The summed E-state index contributed by atoms with van der Waals surface area (Å²) in [5.41, 5.74) is 1.53. The molecular formula is C11H9O2S. The average molecular weight is 205 g/mol. The zero-order chi connectivity index (χ0) is 10.1. The van der Waals surface area contributed by atoms with Crippen LogP contribution in [0, 0.1) is 6.92 Å². The lowest BCUT2D eigenvalue weighted by molar-refractivity contribution is 0.0603. The van der Waals surface area contributed by atoms with Gasteiger partial charge in [-0.05, 0) is 24.6 Å². The molecule has 0 atom stereocenters. The van der Waals surface area contributed by atoms with Gasteiger partial charge in [-0.3, -0.25) is 0 Å². The number of ether oxygens (including phenoxy) is 1. The Hall–Kier alpha value is -1.35. The molecule has 1 radical (unpaired) electrons. The van der Waals surface area contributed by atoms with Crippen molar-refractivity contribution in [1.29, 1.82) is 0 Å². The third kappa shape index (κ3) is 1.40. The lowest BCUT2D eigenvalue weighted by atomic mass is 10.1. The van der Waals surface area contributed by atoms with E-state index in [-0.39, 0.29) is 5.97 Å². The van der Waals surface area contributed by atoms with Crippen LogP contribution < -0.4 is 0 Å². The standard InChI is InChI=1S/C11H9O2S/c1-7-3-4-10-8(5-7)9(6-14-10)11(12)13-2/h3-6H,1H2,2H3. The molecule has 2 aromatic rings. The quantitative estimate of drug-likeness (QED) is 0.669. The summed E-state index contributed by atoms with van der Waals surface area (Å²) in [6.45, 7) is 3.83. The topological polar surface area (TPSA) is 26.3 Å². The molecule has 0 spiro atoms. The number of methoxy groups -OCH3 is 1. The SMILES string of the molecule is [CH2]c1ccc2scc(C(=O)OC)c2c1. The molecule has 0 fully saturated rings. The summed E-state index contributed by atoms with van der Waals surface area (Å²) in [4.78, 5) is 11.4. The van der Waals surface area contributed by atoms with Crippen LogP contribution in [-0.4, -0.2) is 13.1 Å². The number of hydrogen-bond donors (Lipinski definition) is 0. The van der Waals surface area contributed by atoms with Crippen molar-refractivity contribution >= 4 is 27.4 Å². The minimum Gasteiger partial charge on any atom is -0.465 e. The average Bonchev–Trinajstić information content (AvgIpc) is 2.59. The molecule has 3 heteroatoms. The number of rotatable bonds is 1. The fourth-order valence-electron chi connectivity index (χ4n) is 1.34. The Bertz CT molecular complexity index is 485. The van der Waals surface area contributed by atoms with Crippen molar-refractivity contribution in [1.82, 2.24) is 0 Å². The van der Waals surface area contributed by atoms with Crippen LogP contribution in [0.4, 0.5) is 0 Å². The van der Waals surface area contributed by atoms with E-state index in [1.807, 2.05) is 23.6 Å². The van der Waals surface area contributed by atoms with Gasteiger partial charge in [-0.1, -0.05) is 6.07 Å². The Morgan fingerprint density at radius 3 is 3.00 bits per heavy atom. The molecule has 1 aromatic heterocycles. The Labute approximate surface area is 86.1 Å². The summed E-state index contributed by atoms with van der Waals surface area (Å²) in [5.74, 6) is -0.290. The van der Waals surface area contributed by atoms with Gasteiger partial charge in [0.25, 0.3) is 0 Å². The Morgan fingerprint density at radius 1 is 1.50 bits per heavy atom. The monoisotopic (exact) mass is 205 g/mol. The maximum atomic E-state index is 11.4. The summed E-state index contributed by atoms with van der Waals surface area (Å²) in [6, 6.07) is 5.80. The van der Waals surface area contributed by atoms with Gasteiger partial charge in [0.15, 0.2) is 0 Å². The predicted molar refractivity (Wildman–Crippen MR) is 57.6 cm³/mol. The number of thiophene rings is 1. The van der Waals surface area contributed by atoms with Crippen LogP contribution in [0.15, 0.2) is 23.6 Å². The number of carbonyl (C=O) groups is 1. The van der Waals surface area contributed by atoms with Crippen molar-refractivity contribution in [2.75, 3.05) is 7.11 Å². The Morgan fingerprint density at radius 2 is 2.29 bits per heavy atom. The van der Waals surface area contributed by atoms with E-state index < -0.39 is 0 Å². The normalized spacial score (nSPS) is 10.4. The summed E-state index contributed by atoms with van der Waals surface area (Å²) in [7, 11) is 1.39. The first-order chi connectivity index (χ1) is 6.72. The first kappa shape index (κ1) is 9.21. The minimum atomic E-state index is -0.290. The Kier molecular flexibility index (Phi) is 2.25. The molecule has 0 aliphatic carbocycles. The van der Waals surface area contributed by atoms with Crippen molar-refractivity contribution < 1.29 is 9.53 Å². The van der Waals surface area contributed by atoms with Crippen LogP contribution in [0.5, 0.6) is 0 Å². The van der Waals surface area contributed by atoms with Crippen LogP contribution in [-0.2, 0) is 4.74 Å². The summed E-state index contributed by atoms with van der Waals surface area (Å²) in [5, 5.41) is 2.74. The third-order valence-corrected chi connectivity index (χ3v) is 3.01. The fraction of sp³-hybridized carbons (Fsp3) is 0.0909. The first-order valence-electron chi connectivity index (χ1n) is 4.14. The number of fused-ring (bicyclic) bond motifs is 1. The molecule has 0 saturated carbocycles. The molecule has 0 saturated heterocycles. The molecule has 71 valence electrons. The summed E-state index contributed by atoms with van der Waals surface area (Å²) < 4.78 is 5.77. The van der Waals surface area contributed by atoms with E-state index >= 15 is 0 Å². The molecular weight excluding hydrogens is 196 g/mol. The zero-order valence-corrected chi connectivity index (χ0v) is 8.56. The van der Waals surface area contributed by atoms with Crippen molar-refractivity contribution in [2.24, 2.45) is 0 Å². The van der Waals surface area contributed by atoms with E-state index in [1.165, 1.54) is 18.4 Å². The summed E-state index contributed by atoms with van der Waals surface area (Å²) in [6.07, 6.45) is 0. The lowest BCUT2D eigenvalue weighted by Gasteiger charge is -1.97. The van der Waals surface area contributed by atoms with Crippen molar-refractivity contribution in [3.05, 3.63) is 41.6 Å². The van der Waals surface area contributed by atoms with Crippen LogP contribution in [0.25, 0.3) is 10.1 Å². The van der Waals surface area contributed by atoms with Crippen LogP contribution in [0.2, 0.25) is 0 Å². The lowest BCUT2D eigenvalue weighted by Crippen LogP contribution is -1.99. The number of hydrogen-bond acceptors (Lipinski definition) is 3. The molecule has 0 bridgehead atoms. The highest BCUT2D eigenvalue weighted by molar-refractivity contribution is 7.17. The van der Waals surface area contributed by atoms with Crippen molar-refractivity contribution in [2.45, 2.75) is 0 Å². The first-order valence-corrected chi connectivity index (χ1v) is 5.02. The van der Waals surface area contributed by atoms with E-state index in [9.17, 15) is 4.79 Å². The van der Waals surface area contributed by atoms with E-state index in [1.54, 1.807) is 0 Å². The van der Waals surface area contributed by atoms with E-state index in [0.29, 0.717) is 5.56 Å². The smallest absolute Gasteiger partial charge is 0.339 e. The number of carbonyl (C=O) groups excluding carboxylic acids is 1. The number of esters is 1. The maximum absolute atomic E-state index is 11.4. The van der Waals surface area contributed by atoms with Gasteiger partial charge in [-0.15, -0.1) is 11.3 Å². The van der Waals surface area contributed by atoms with Gasteiger partial charge in [0.05, 0.1) is 12.7 Å². The van der Waals surface area contributed by atoms with Gasteiger partial charge >= 0.3 is 5.97 Å². The highest BCUT2D eigenvalue weighted by atomic mass is 32.1. The second-order valence-electron chi connectivity index (χ2n) is 2.97. The molecule has 2 rings (SSSR count). The van der Waals surface area contributed by atoms with Gasteiger partial charge < -0.3 is 4.74 Å². The molecule has 0 aliphatic rings. The predicted octanol–water partition coefficient (Wildman–Crippen LogP) is 2.87. The largest absolute Gasteiger partial charge is 0.465 e. The van der Waals surface area contributed by atoms with Gasteiger partial charge in [0.2, 0.25) is 0 Å². The molecule has 0 N–H and O–H groups in total. The van der Waals surface area contributed by atoms with E-state index in [4.69, 9.17) is 0 Å². The second-order valence-corrected chi connectivity index (χ2v) is 3.88. The molecule has 14 heavy (non-hydrogen) atoms. The fourth-order valence-corrected chi connectivity index (χ4v) is 2.25. The van der Waals surface area contributed by atoms with Crippen molar-refractivity contribution in [3.8, 4) is 0 Å². The minimum absolute atomic E-state index is 0.290. The molecule has 1 heterocycles. The summed E-state index contributed by atoms with van der Waals surface area (Å²) >= 11 is 1.54. The molecule has 1 aromatic carbocycles. The highest BCUT2D eigenvalue weighted by Gasteiger charge is 2.11. The molecule has 0 amide bonds. The third-order valence-electron chi connectivity index (χ3n) is 2.04. The van der Waals surface area contributed by atoms with Crippen molar-refractivity contribution in [3.63, 3.8) is 0 Å². The van der Waals surface area contributed by atoms with Crippen LogP contribution >= 0.6 is 11.3 Å². The highest BCUT2D eigenvalue weighted by Crippen LogP contribution is 2.27. The van der Waals surface area contributed by atoms with E-state index in [2.05, 4.69) is 11.7 Å². The second kappa shape index (κ2) is 3.42. The van der Waals surface area contributed by atoms with E-state index in [0.717, 1.165) is 15.6 Å². The van der Waals surface area contributed by atoms with Gasteiger partial charge in [-0.2, -0.15) is 0 Å². The zero-order valence-electron chi connectivity index (χ0n) is 7.74. The van der Waals surface area contributed by atoms with Crippen LogP contribution in [0.1, 0.15) is 15.9 Å². The maximum Gasteiger partial charge on any atom is 0.339 e. The van der Waals surface area contributed by atoms with Gasteiger partial charge in [0, 0.05) is 15.5 Å². The molecule has 2 nitrogen and oxygen atoms in total. The van der Waals surface area contributed by atoms with Gasteiger partial charge in [-0.25, -0.2) is 4.79 Å². The van der Waals surface area contributed by atoms with Crippen LogP contribution in [0.3, 0.4) is 0 Å².